The van der Waals surface area contributed by atoms with E-state index >= 15 is 0 Å². The molecule has 1 aromatic carbocycles. The van der Waals surface area contributed by atoms with E-state index in [0.717, 1.165) is 19.6 Å². The molecule has 4 heteroatoms. The molecule has 1 aliphatic rings. The number of carbonyl (C=O) groups excluding carboxylic acids is 1. The first-order valence-corrected chi connectivity index (χ1v) is 6.76. The first-order chi connectivity index (χ1) is 8.66. The van der Waals surface area contributed by atoms with Gasteiger partial charge in [-0.2, -0.15) is 0 Å². The molecule has 0 spiro atoms. The van der Waals surface area contributed by atoms with Crippen molar-refractivity contribution in [3.05, 3.63) is 34.9 Å². The molecule has 1 unspecified atom stereocenters. The standard InChI is InChI=1S/C14H19ClN2O/c1-17(10-11-3-2-8-16-9-11)14(18)12-4-6-13(15)7-5-12/h4-7,11,16H,2-3,8-10H2,1H3. The maximum Gasteiger partial charge on any atom is 0.253 e. The van der Waals surface area contributed by atoms with Gasteiger partial charge in [0.15, 0.2) is 0 Å². The topological polar surface area (TPSA) is 32.3 Å². The molecule has 1 saturated heterocycles. The van der Waals surface area contributed by atoms with Crippen molar-refractivity contribution >= 4 is 17.5 Å². The average Bonchev–Trinajstić information content (AvgIpc) is 2.40. The predicted octanol–water partition coefficient (Wildman–Crippen LogP) is 2.41. The van der Waals surface area contributed by atoms with E-state index < -0.39 is 0 Å². The molecular weight excluding hydrogens is 248 g/mol. The Hall–Kier alpha value is -1.06. The van der Waals surface area contributed by atoms with Crippen molar-refractivity contribution in [2.75, 3.05) is 26.7 Å². The van der Waals surface area contributed by atoms with Gasteiger partial charge in [0.2, 0.25) is 0 Å². The van der Waals surface area contributed by atoms with E-state index in [2.05, 4.69) is 5.32 Å². The Kier molecular flexibility index (Phi) is 4.61. The zero-order valence-electron chi connectivity index (χ0n) is 10.7. The molecule has 1 aliphatic heterocycles. The zero-order valence-corrected chi connectivity index (χ0v) is 11.4. The highest BCUT2D eigenvalue weighted by Gasteiger charge is 2.18. The van der Waals surface area contributed by atoms with Crippen LogP contribution in [0, 0.1) is 5.92 Å². The molecule has 1 aromatic rings. The second kappa shape index (κ2) is 6.21. The predicted molar refractivity (Wildman–Crippen MR) is 74.0 cm³/mol. The maximum absolute atomic E-state index is 12.2. The molecule has 1 fully saturated rings. The van der Waals surface area contributed by atoms with Crippen molar-refractivity contribution in [2.45, 2.75) is 12.8 Å². The third-order valence-corrected chi connectivity index (χ3v) is 3.62. The molecule has 1 N–H and O–H groups in total. The lowest BCUT2D eigenvalue weighted by molar-refractivity contribution is 0.0765. The van der Waals surface area contributed by atoms with Crippen LogP contribution in [0.15, 0.2) is 24.3 Å². The van der Waals surface area contributed by atoms with Crippen LogP contribution < -0.4 is 5.32 Å². The van der Waals surface area contributed by atoms with Gasteiger partial charge in [0, 0.05) is 24.2 Å². The Labute approximate surface area is 113 Å². The largest absolute Gasteiger partial charge is 0.341 e. The fourth-order valence-corrected chi connectivity index (χ4v) is 2.49. The fourth-order valence-electron chi connectivity index (χ4n) is 2.36. The van der Waals surface area contributed by atoms with Gasteiger partial charge in [-0.25, -0.2) is 0 Å². The van der Waals surface area contributed by atoms with Crippen LogP contribution in [-0.4, -0.2) is 37.5 Å². The third-order valence-electron chi connectivity index (χ3n) is 3.37. The molecule has 1 atom stereocenters. The van der Waals surface area contributed by atoms with Crippen LogP contribution in [0.2, 0.25) is 5.02 Å². The maximum atomic E-state index is 12.2. The summed E-state index contributed by atoms with van der Waals surface area (Å²) in [6, 6.07) is 7.07. The van der Waals surface area contributed by atoms with Crippen molar-refractivity contribution in [2.24, 2.45) is 5.92 Å². The molecule has 98 valence electrons. The summed E-state index contributed by atoms with van der Waals surface area (Å²) in [6.45, 7) is 2.93. The summed E-state index contributed by atoms with van der Waals surface area (Å²) in [6.07, 6.45) is 2.40. The van der Waals surface area contributed by atoms with E-state index in [1.165, 1.54) is 12.8 Å². The van der Waals surface area contributed by atoms with Gasteiger partial charge in [0.05, 0.1) is 0 Å². The minimum atomic E-state index is 0.0669. The molecule has 0 aliphatic carbocycles. The molecule has 2 rings (SSSR count). The SMILES string of the molecule is CN(CC1CCCNC1)C(=O)c1ccc(Cl)cc1. The van der Waals surface area contributed by atoms with Crippen LogP contribution in [-0.2, 0) is 0 Å². The summed E-state index contributed by atoms with van der Waals surface area (Å²) in [7, 11) is 1.87. The number of halogens is 1. The second-order valence-electron chi connectivity index (χ2n) is 4.90. The number of nitrogens with one attached hydrogen (secondary N) is 1. The number of hydrogen-bond acceptors (Lipinski definition) is 2. The number of amides is 1. The van der Waals surface area contributed by atoms with Crippen LogP contribution in [0.3, 0.4) is 0 Å². The molecule has 0 radical (unpaired) electrons. The van der Waals surface area contributed by atoms with Gasteiger partial charge in [0.1, 0.15) is 0 Å². The summed E-state index contributed by atoms with van der Waals surface area (Å²) < 4.78 is 0. The van der Waals surface area contributed by atoms with Gasteiger partial charge >= 0.3 is 0 Å². The monoisotopic (exact) mass is 266 g/mol. The summed E-state index contributed by atoms with van der Waals surface area (Å²) >= 11 is 5.82. The summed E-state index contributed by atoms with van der Waals surface area (Å²) in [5.74, 6) is 0.636. The van der Waals surface area contributed by atoms with Crippen LogP contribution >= 0.6 is 11.6 Å². The minimum Gasteiger partial charge on any atom is -0.341 e. The summed E-state index contributed by atoms with van der Waals surface area (Å²) in [4.78, 5) is 14.0. The average molecular weight is 267 g/mol. The molecule has 1 heterocycles. The highest BCUT2D eigenvalue weighted by atomic mass is 35.5. The Morgan fingerprint density at radius 1 is 1.44 bits per heavy atom. The quantitative estimate of drug-likeness (QED) is 0.911. The molecule has 1 amide bonds. The van der Waals surface area contributed by atoms with Crippen molar-refractivity contribution in [3.63, 3.8) is 0 Å². The molecule has 3 nitrogen and oxygen atoms in total. The first-order valence-electron chi connectivity index (χ1n) is 6.38. The van der Waals surface area contributed by atoms with Crippen molar-refractivity contribution in [3.8, 4) is 0 Å². The smallest absolute Gasteiger partial charge is 0.253 e. The van der Waals surface area contributed by atoms with Crippen LogP contribution in [0.4, 0.5) is 0 Å². The van der Waals surface area contributed by atoms with Gasteiger partial charge in [-0.3, -0.25) is 4.79 Å². The molecule has 0 bridgehead atoms. The highest BCUT2D eigenvalue weighted by molar-refractivity contribution is 6.30. The van der Waals surface area contributed by atoms with E-state index in [1.807, 2.05) is 7.05 Å². The van der Waals surface area contributed by atoms with Crippen LogP contribution in [0.1, 0.15) is 23.2 Å². The molecular formula is C14H19ClN2O. The summed E-state index contributed by atoms with van der Waals surface area (Å²) in [5, 5.41) is 4.03. The number of nitrogens with zero attached hydrogens (tertiary/aromatic N) is 1. The first kappa shape index (κ1) is 13.4. The Morgan fingerprint density at radius 2 is 2.17 bits per heavy atom. The van der Waals surface area contributed by atoms with E-state index in [4.69, 9.17) is 11.6 Å². The highest BCUT2D eigenvalue weighted by Crippen LogP contribution is 2.14. The Morgan fingerprint density at radius 3 is 2.78 bits per heavy atom. The van der Waals surface area contributed by atoms with E-state index in [0.29, 0.717) is 16.5 Å². The lowest BCUT2D eigenvalue weighted by atomic mass is 9.99. The minimum absolute atomic E-state index is 0.0669. The van der Waals surface area contributed by atoms with Gasteiger partial charge in [-0.05, 0) is 56.1 Å². The lowest BCUT2D eigenvalue weighted by Crippen LogP contribution is -2.39. The van der Waals surface area contributed by atoms with Gasteiger partial charge in [-0.1, -0.05) is 11.6 Å². The molecule has 18 heavy (non-hydrogen) atoms. The molecule has 0 saturated carbocycles. The second-order valence-corrected chi connectivity index (χ2v) is 5.34. The third kappa shape index (κ3) is 3.47. The Bertz CT molecular complexity index is 399. The van der Waals surface area contributed by atoms with E-state index in [9.17, 15) is 4.79 Å². The van der Waals surface area contributed by atoms with Crippen molar-refractivity contribution < 1.29 is 4.79 Å². The summed E-state index contributed by atoms with van der Waals surface area (Å²) in [5.41, 5.74) is 0.700. The van der Waals surface area contributed by atoms with Gasteiger partial charge < -0.3 is 10.2 Å². The number of rotatable bonds is 3. The van der Waals surface area contributed by atoms with Gasteiger partial charge in [0.25, 0.3) is 5.91 Å². The van der Waals surface area contributed by atoms with E-state index in [-0.39, 0.29) is 5.91 Å². The number of piperidine rings is 1. The van der Waals surface area contributed by atoms with Crippen molar-refractivity contribution in [1.82, 2.24) is 10.2 Å². The zero-order chi connectivity index (χ0) is 13.0. The fraction of sp³-hybridized carbons (Fsp3) is 0.500. The number of carbonyl (C=O) groups is 1. The molecule has 0 aromatic heterocycles. The van der Waals surface area contributed by atoms with E-state index in [1.54, 1.807) is 29.2 Å². The lowest BCUT2D eigenvalue weighted by Gasteiger charge is -2.27. The Balaban J connectivity index is 1.93. The van der Waals surface area contributed by atoms with Crippen molar-refractivity contribution in [1.29, 1.82) is 0 Å². The van der Waals surface area contributed by atoms with Crippen LogP contribution in [0.25, 0.3) is 0 Å². The van der Waals surface area contributed by atoms with Gasteiger partial charge in [-0.15, -0.1) is 0 Å². The van der Waals surface area contributed by atoms with Crippen LogP contribution in [0.5, 0.6) is 0 Å². The number of hydrogen-bond donors (Lipinski definition) is 1. The number of benzene rings is 1. The normalized spacial score (nSPS) is 19.6.